The Morgan fingerprint density at radius 3 is 2.67 bits per heavy atom. The van der Waals surface area contributed by atoms with Crippen LogP contribution in [0.25, 0.3) is 0 Å². The lowest BCUT2D eigenvalue weighted by Gasteiger charge is -2.29. The van der Waals surface area contributed by atoms with Crippen LogP contribution in [0.5, 0.6) is 0 Å². The van der Waals surface area contributed by atoms with Gasteiger partial charge < -0.3 is 4.74 Å². The average Bonchev–Trinajstić information content (AvgIpc) is 2.40. The normalized spacial score (nSPS) is 19.6. The van der Waals surface area contributed by atoms with Crippen molar-refractivity contribution in [1.29, 1.82) is 0 Å². The second-order valence-corrected chi connectivity index (χ2v) is 4.69. The molecule has 1 heterocycles. The van der Waals surface area contributed by atoms with Gasteiger partial charge in [-0.25, -0.2) is 0 Å². The molecule has 1 aliphatic heterocycles. The summed E-state index contributed by atoms with van der Waals surface area (Å²) in [5.41, 5.74) is -0.742. The van der Waals surface area contributed by atoms with Crippen molar-refractivity contribution in [3.05, 3.63) is 24.1 Å². The molecule has 0 N–H and O–H groups in total. The van der Waals surface area contributed by atoms with E-state index in [0.29, 0.717) is 5.76 Å². The van der Waals surface area contributed by atoms with Gasteiger partial charge in [-0.1, -0.05) is 29.3 Å². The molecule has 15 heavy (non-hydrogen) atoms. The zero-order valence-corrected chi connectivity index (χ0v) is 10.3. The van der Waals surface area contributed by atoms with Crippen molar-refractivity contribution in [1.82, 2.24) is 4.90 Å². The summed E-state index contributed by atoms with van der Waals surface area (Å²) in [6.45, 7) is 5.41. The van der Waals surface area contributed by atoms with Crippen LogP contribution >= 0.6 is 23.2 Å². The highest BCUT2D eigenvalue weighted by Crippen LogP contribution is 2.30. The third-order valence-electron chi connectivity index (χ3n) is 1.96. The van der Waals surface area contributed by atoms with Gasteiger partial charge >= 0.3 is 0 Å². The number of halogens is 2. The molecule has 1 rings (SSSR count). The number of hydrogen-bond donors (Lipinski definition) is 0. The Bertz CT molecular complexity index is 321. The minimum absolute atomic E-state index is 0.386. The summed E-state index contributed by atoms with van der Waals surface area (Å²) in [6.07, 6.45) is 5.20. The fraction of sp³-hybridized carbons (Fsp3) is 0.500. The highest BCUT2D eigenvalue weighted by molar-refractivity contribution is 6.53. The van der Waals surface area contributed by atoms with Crippen molar-refractivity contribution in [2.45, 2.75) is 31.3 Å². The SMILES string of the molecule is CC=CC1=CN(C(=O)C(Cl)Cl)C(C)(C)O1. The van der Waals surface area contributed by atoms with E-state index in [4.69, 9.17) is 27.9 Å². The number of carbonyl (C=O) groups excluding carboxylic acids is 1. The number of hydrogen-bond acceptors (Lipinski definition) is 2. The maximum Gasteiger partial charge on any atom is 0.263 e. The first-order valence-electron chi connectivity index (χ1n) is 4.53. The molecular formula is C10H13Cl2NO2. The number of nitrogens with zero attached hydrogens (tertiary/aromatic N) is 1. The van der Waals surface area contributed by atoms with Crippen LogP contribution in [0.4, 0.5) is 0 Å². The van der Waals surface area contributed by atoms with E-state index in [9.17, 15) is 4.79 Å². The minimum Gasteiger partial charge on any atom is -0.467 e. The molecule has 0 fully saturated rings. The van der Waals surface area contributed by atoms with Crippen LogP contribution in [0, 0.1) is 0 Å². The Kier molecular flexibility index (Phi) is 3.68. The van der Waals surface area contributed by atoms with Gasteiger partial charge in [0.25, 0.3) is 5.91 Å². The van der Waals surface area contributed by atoms with Crippen LogP contribution in [0.2, 0.25) is 0 Å². The Labute approximate surface area is 99.3 Å². The molecule has 0 spiro atoms. The lowest BCUT2D eigenvalue weighted by atomic mass is 10.3. The second kappa shape index (κ2) is 4.45. The molecule has 0 aromatic heterocycles. The first-order chi connectivity index (χ1) is 6.88. The van der Waals surface area contributed by atoms with Crippen LogP contribution in [0.3, 0.4) is 0 Å². The standard InChI is InChI=1S/C10H13Cl2NO2/c1-4-5-7-6-13(9(14)8(11)12)10(2,3)15-7/h4-6,8H,1-3H3. The summed E-state index contributed by atoms with van der Waals surface area (Å²) >= 11 is 11.1. The van der Waals surface area contributed by atoms with E-state index in [-0.39, 0.29) is 5.91 Å². The summed E-state index contributed by atoms with van der Waals surface area (Å²) < 4.78 is 5.54. The highest BCUT2D eigenvalue weighted by atomic mass is 35.5. The first-order valence-corrected chi connectivity index (χ1v) is 5.40. The Hall–Kier alpha value is -0.670. The van der Waals surface area contributed by atoms with Gasteiger partial charge in [0, 0.05) is 0 Å². The van der Waals surface area contributed by atoms with Gasteiger partial charge in [0.2, 0.25) is 0 Å². The molecule has 0 saturated heterocycles. The molecule has 84 valence electrons. The molecule has 1 amide bonds. The summed E-state index contributed by atoms with van der Waals surface area (Å²) in [5, 5.41) is 0. The molecule has 0 aromatic carbocycles. The Balaban J connectivity index is 2.91. The smallest absolute Gasteiger partial charge is 0.263 e. The van der Waals surface area contributed by atoms with Crippen molar-refractivity contribution >= 4 is 29.1 Å². The number of carbonyl (C=O) groups is 1. The molecule has 0 aromatic rings. The summed E-state index contributed by atoms with van der Waals surface area (Å²) in [5.74, 6) is 0.229. The van der Waals surface area contributed by atoms with E-state index in [0.717, 1.165) is 0 Å². The molecular weight excluding hydrogens is 237 g/mol. The van der Waals surface area contributed by atoms with E-state index in [2.05, 4.69) is 0 Å². The van der Waals surface area contributed by atoms with Gasteiger partial charge in [0.05, 0.1) is 6.20 Å². The molecule has 0 atom stereocenters. The minimum atomic E-state index is -1.07. The molecule has 0 bridgehead atoms. The number of alkyl halides is 2. The average molecular weight is 250 g/mol. The Morgan fingerprint density at radius 1 is 1.60 bits per heavy atom. The van der Waals surface area contributed by atoms with E-state index in [1.165, 1.54) is 4.90 Å². The molecule has 0 radical (unpaired) electrons. The maximum atomic E-state index is 11.6. The zero-order valence-electron chi connectivity index (χ0n) is 8.83. The van der Waals surface area contributed by atoms with E-state index in [1.807, 2.05) is 13.0 Å². The molecule has 1 aliphatic rings. The number of allylic oxidation sites excluding steroid dienone is 2. The largest absolute Gasteiger partial charge is 0.467 e. The van der Waals surface area contributed by atoms with Gasteiger partial charge in [-0.05, 0) is 26.8 Å². The lowest BCUT2D eigenvalue weighted by Crippen LogP contribution is -2.44. The summed E-state index contributed by atoms with van der Waals surface area (Å²) in [6, 6.07) is 0. The zero-order chi connectivity index (χ0) is 11.6. The fourth-order valence-electron chi connectivity index (χ4n) is 1.32. The van der Waals surface area contributed by atoms with Crippen LogP contribution < -0.4 is 0 Å². The number of ether oxygens (including phenoxy) is 1. The van der Waals surface area contributed by atoms with Crippen molar-refractivity contribution in [2.75, 3.05) is 0 Å². The summed E-state index contributed by atoms with van der Waals surface area (Å²) in [7, 11) is 0. The first kappa shape index (κ1) is 12.4. The fourth-order valence-corrected chi connectivity index (χ4v) is 1.53. The van der Waals surface area contributed by atoms with E-state index >= 15 is 0 Å². The third kappa shape index (κ3) is 2.67. The lowest BCUT2D eigenvalue weighted by molar-refractivity contribution is -0.140. The molecule has 3 nitrogen and oxygen atoms in total. The quantitative estimate of drug-likeness (QED) is 0.705. The highest BCUT2D eigenvalue weighted by Gasteiger charge is 2.39. The van der Waals surface area contributed by atoms with Crippen molar-refractivity contribution in [2.24, 2.45) is 0 Å². The van der Waals surface area contributed by atoms with Gasteiger partial charge in [0.15, 0.2) is 10.6 Å². The maximum absolute atomic E-state index is 11.6. The monoisotopic (exact) mass is 249 g/mol. The van der Waals surface area contributed by atoms with E-state index in [1.54, 1.807) is 26.1 Å². The van der Waals surface area contributed by atoms with Gasteiger partial charge in [-0.2, -0.15) is 0 Å². The van der Waals surface area contributed by atoms with Crippen LogP contribution in [-0.4, -0.2) is 21.4 Å². The summed E-state index contributed by atoms with van der Waals surface area (Å²) in [4.78, 5) is 11.9. The molecule has 0 saturated carbocycles. The Morgan fingerprint density at radius 2 is 2.20 bits per heavy atom. The molecule has 0 aliphatic carbocycles. The molecule has 0 unspecified atom stereocenters. The van der Waals surface area contributed by atoms with Crippen LogP contribution in [0.1, 0.15) is 20.8 Å². The van der Waals surface area contributed by atoms with E-state index < -0.39 is 10.6 Å². The van der Waals surface area contributed by atoms with Crippen molar-refractivity contribution in [3.63, 3.8) is 0 Å². The van der Waals surface area contributed by atoms with Gasteiger partial charge in [-0.3, -0.25) is 9.69 Å². The van der Waals surface area contributed by atoms with Crippen molar-refractivity contribution < 1.29 is 9.53 Å². The van der Waals surface area contributed by atoms with Crippen LogP contribution in [-0.2, 0) is 9.53 Å². The number of amides is 1. The molecule has 5 heteroatoms. The van der Waals surface area contributed by atoms with Crippen molar-refractivity contribution in [3.8, 4) is 0 Å². The predicted molar refractivity (Wildman–Crippen MR) is 60.4 cm³/mol. The predicted octanol–water partition coefficient (Wildman–Crippen LogP) is 2.80. The third-order valence-corrected chi connectivity index (χ3v) is 2.33. The van der Waals surface area contributed by atoms with Gasteiger partial charge in [-0.15, -0.1) is 0 Å². The van der Waals surface area contributed by atoms with Crippen LogP contribution in [0.15, 0.2) is 24.1 Å². The second-order valence-electron chi connectivity index (χ2n) is 3.59. The van der Waals surface area contributed by atoms with Gasteiger partial charge in [0.1, 0.15) is 5.76 Å². The topological polar surface area (TPSA) is 29.5 Å². The number of rotatable bonds is 2.